The number of fused-ring (bicyclic) bond motifs is 5. The van der Waals surface area contributed by atoms with Crippen LogP contribution in [-0.4, -0.2) is 18.9 Å². The lowest BCUT2D eigenvalue weighted by Crippen LogP contribution is -2.62. The Labute approximate surface area is 196 Å². The van der Waals surface area contributed by atoms with Gasteiger partial charge in [0.1, 0.15) is 5.78 Å². The number of ketones is 1. The maximum absolute atomic E-state index is 14.2. The fraction of sp³-hybridized carbons (Fsp3) is 0.931. The summed E-state index contributed by atoms with van der Waals surface area (Å²) in [4.78, 5) is 25.9. The summed E-state index contributed by atoms with van der Waals surface area (Å²) in [5.41, 5.74) is 0.561. The number of carbonyl (C=O) groups excluding carboxylic acids is 2. The van der Waals surface area contributed by atoms with Crippen molar-refractivity contribution in [3.63, 3.8) is 0 Å². The summed E-state index contributed by atoms with van der Waals surface area (Å²) in [5.74, 6) is 5.32. The van der Waals surface area contributed by atoms with Crippen molar-refractivity contribution in [1.29, 1.82) is 0 Å². The van der Waals surface area contributed by atoms with Crippen LogP contribution in [-0.2, 0) is 14.3 Å². The van der Waals surface area contributed by atoms with Gasteiger partial charge in [-0.3, -0.25) is 9.59 Å². The minimum atomic E-state index is -0.0907. The second-order valence-electron chi connectivity index (χ2n) is 12.9. The summed E-state index contributed by atoms with van der Waals surface area (Å²) in [7, 11) is 1.49. The lowest BCUT2D eigenvalue weighted by atomic mass is 9.40. The molecule has 11 atom stereocenters. The third-order valence-corrected chi connectivity index (χ3v) is 11.8. The first-order valence-electron chi connectivity index (χ1n) is 13.7. The van der Waals surface area contributed by atoms with E-state index in [1.807, 2.05) is 0 Å². The summed E-state index contributed by atoms with van der Waals surface area (Å²) >= 11 is 0. The number of rotatable bonds is 5. The molecule has 0 heterocycles. The average molecular weight is 445 g/mol. The van der Waals surface area contributed by atoms with Gasteiger partial charge < -0.3 is 4.74 Å². The maximum atomic E-state index is 14.2. The first kappa shape index (κ1) is 24.3. The van der Waals surface area contributed by atoms with Gasteiger partial charge in [0.25, 0.3) is 0 Å². The van der Waals surface area contributed by atoms with Gasteiger partial charge >= 0.3 is 5.97 Å². The third-order valence-electron chi connectivity index (χ3n) is 11.8. The van der Waals surface area contributed by atoms with Crippen molar-refractivity contribution in [2.24, 2.45) is 64.1 Å². The Morgan fingerprint density at radius 3 is 2.47 bits per heavy atom. The predicted octanol–water partition coefficient (Wildman–Crippen LogP) is 6.93. The van der Waals surface area contributed by atoms with Gasteiger partial charge in [-0.1, -0.05) is 48.0 Å². The molecule has 182 valence electrons. The standard InChI is InChI=1S/C29H48O3/c1-8-20-23-15-17(2)13-14-28(23,5)24-16-19(4)29(6)21(18(3)9-12-25(30)32-7)10-11-22(29)26(24)27(20)31/h17-24,26H,8-16H2,1-7H3/t17-,18-,19+,20-,21-,22?,23+,24?,26?,28+,29-/m1/s1. The molecule has 0 radical (unpaired) electrons. The lowest BCUT2D eigenvalue weighted by molar-refractivity contribution is -0.178. The van der Waals surface area contributed by atoms with Gasteiger partial charge in [-0.25, -0.2) is 0 Å². The largest absolute Gasteiger partial charge is 0.469 e. The van der Waals surface area contributed by atoms with E-state index in [4.69, 9.17) is 4.74 Å². The number of ether oxygens (including phenoxy) is 1. The molecule has 3 unspecified atom stereocenters. The Kier molecular flexibility index (Phi) is 6.62. The van der Waals surface area contributed by atoms with E-state index in [1.54, 1.807) is 0 Å². The molecule has 4 rings (SSSR count). The lowest BCUT2D eigenvalue weighted by Gasteiger charge is -2.64. The van der Waals surface area contributed by atoms with Gasteiger partial charge in [0.2, 0.25) is 0 Å². The number of hydrogen-bond acceptors (Lipinski definition) is 3. The molecule has 0 bridgehead atoms. The Hall–Kier alpha value is -0.860. The highest BCUT2D eigenvalue weighted by Crippen LogP contribution is 2.70. The number of carbonyl (C=O) groups is 2. The Morgan fingerprint density at radius 2 is 1.81 bits per heavy atom. The second kappa shape index (κ2) is 8.73. The zero-order valence-electron chi connectivity index (χ0n) is 21.8. The normalized spacial score (nSPS) is 49.0. The van der Waals surface area contributed by atoms with Crippen molar-refractivity contribution < 1.29 is 14.3 Å². The predicted molar refractivity (Wildman–Crippen MR) is 129 cm³/mol. The summed E-state index contributed by atoms with van der Waals surface area (Å²) in [6.45, 7) is 14.6. The molecule has 4 saturated carbocycles. The van der Waals surface area contributed by atoms with Gasteiger partial charge in [0.15, 0.2) is 0 Å². The van der Waals surface area contributed by atoms with Crippen LogP contribution in [0.3, 0.4) is 0 Å². The summed E-state index contributed by atoms with van der Waals surface area (Å²) in [6.07, 6.45) is 10.0. The first-order chi connectivity index (χ1) is 15.1. The van der Waals surface area contributed by atoms with Crippen molar-refractivity contribution in [2.45, 2.75) is 99.3 Å². The van der Waals surface area contributed by atoms with Crippen LogP contribution in [0.15, 0.2) is 0 Å². The number of Topliss-reactive ketones (excluding diaryl/α,β-unsaturated/α-hetero) is 1. The highest BCUT2D eigenvalue weighted by atomic mass is 16.5. The number of hydrogen-bond donors (Lipinski definition) is 0. The molecule has 4 aliphatic carbocycles. The molecule has 3 heteroatoms. The SMILES string of the molecule is CC[C@H]1C(=O)C2C3CC[C@H]([C@H](C)CCC(=O)OC)[C@@]3(C)[C@@H](C)CC2[C@@]2(C)CC[C@@H](C)C[C@@H]12. The van der Waals surface area contributed by atoms with Crippen LogP contribution in [0.4, 0.5) is 0 Å². The van der Waals surface area contributed by atoms with Crippen LogP contribution in [0, 0.1) is 64.1 Å². The molecular formula is C29H48O3. The van der Waals surface area contributed by atoms with Crippen molar-refractivity contribution in [1.82, 2.24) is 0 Å². The quantitative estimate of drug-likeness (QED) is 0.432. The molecule has 32 heavy (non-hydrogen) atoms. The molecule has 0 N–H and O–H groups in total. The molecule has 0 aliphatic heterocycles. The van der Waals surface area contributed by atoms with Crippen molar-refractivity contribution in [2.75, 3.05) is 7.11 Å². The molecule has 0 aromatic carbocycles. The number of esters is 1. The van der Waals surface area contributed by atoms with Crippen LogP contribution >= 0.6 is 0 Å². The zero-order chi connectivity index (χ0) is 23.4. The van der Waals surface area contributed by atoms with E-state index in [-0.39, 0.29) is 23.2 Å². The Bertz CT molecular complexity index is 730. The van der Waals surface area contributed by atoms with Crippen LogP contribution in [0.5, 0.6) is 0 Å². The van der Waals surface area contributed by atoms with E-state index in [0.717, 1.165) is 18.8 Å². The molecule has 0 amide bonds. The van der Waals surface area contributed by atoms with Crippen LogP contribution in [0.1, 0.15) is 99.3 Å². The summed E-state index contributed by atoms with van der Waals surface area (Å²) in [6, 6.07) is 0. The van der Waals surface area contributed by atoms with E-state index < -0.39 is 0 Å². The Morgan fingerprint density at radius 1 is 1.09 bits per heavy atom. The minimum Gasteiger partial charge on any atom is -0.469 e. The van der Waals surface area contributed by atoms with Gasteiger partial charge in [0, 0.05) is 18.3 Å². The van der Waals surface area contributed by atoms with Crippen molar-refractivity contribution in [3.8, 4) is 0 Å². The van der Waals surface area contributed by atoms with Gasteiger partial charge in [-0.2, -0.15) is 0 Å². The van der Waals surface area contributed by atoms with Crippen LogP contribution in [0.25, 0.3) is 0 Å². The van der Waals surface area contributed by atoms with Gasteiger partial charge in [0.05, 0.1) is 7.11 Å². The molecule has 0 aromatic rings. The topological polar surface area (TPSA) is 43.4 Å². The fourth-order valence-corrected chi connectivity index (χ4v) is 9.82. The molecule has 3 nitrogen and oxygen atoms in total. The van der Waals surface area contributed by atoms with E-state index >= 15 is 0 Å². The maximum Gasteiger partial charge on any atom is 0.305 e. The van der Waals surface area contributed by atoms with E-state index in [2.05, 4.69) is 41.5 Å². The highest BCUT2D eigenvalue weighted by molar-refractivity contribution is 5.86. The van der Waals surface area contributed by atoms with E-state index in [1.165, 1.54) is 45.6 Å². The molecule has 0 spiro atoms. The first-order valence-corrected chi connectivity index (χ1v) is 13.7. The summed E-state index contributed by atoms with van der Waals surface area (Å²) < 4.78 is 4.91. The van der Waals surface area contributed by atoms with E-state index in [9.17, 15) is 9.59 Å². The fourth-order valence-electron chi connectivity index (χ4n) is 9.82. The molecule has 0 saturated heterocycles. The van der Waals surface area contributed by atoms with Gasteiger partial charge in [-0.15, -0.1) is 0 Å². The number of methoxy groups -OCH3 is 1. The Balaban J connectivity index is 1.64. The van der Waals surface area contributed by atoms with Crippen LogP contribution in [0.2, 0.25) is 0 Å². The van der Waals surface area contributed by atoms with Gasteiger partial charge in [-0.05, 0) is 97.2 Å². The van der Waals surface area contributed by atoms with E-state index in [0.29, 0.717) is 53.1 Å². The van der Waals surface area contributed by atoms with Crippen molar-refractivity contribution in [3.05, 3.63) is 0 Å². The zero-order valence-corrected chi connectivity index (χ0v) is 21.8. The molecule has 0 aromatic heterocycles. The van der Waals surface area contributed by atoms with Crippen LogP contribution < -0.4 is 0 Å². The molecule has 4 aliphatic rings. The smallest absolute Gasteiger partial charge is 0.305 e. The highest BCUT2D eigenvalue weighted by Gasteiger charge is 2.66. The summed E-state index contributed by atoms with van der Waals surface area (Å²) in [5, 5.41) is 0. The second-order valence-corrected chi connectivity index (χ2v) is 12.9. The molecule has 4 fully saturated rings. The monoisotopic (exact) mass is 444 g/mol. The third kappa shape index (κ3) is 3.50. The van der Waals surface area contributed by atoms with Crippen molar-refractivity contribution >= 4 is 11.8 Å². The minimum absolute atomic E-state index is 0.0907. The average Bonchev–Trinajstić information content (AvgIpc) is 3.12. The molecular weight excluding hydrogens is 396 g/mol.